The second-order valence-corrected chi connectivity index (χ2v) is 4.28. The lowest BCUT2D eigenvalue weighted by molar-refractivity contribution is -0.147. The number of aliphatic hydroxyl groups excluding tert-OH is 1. The van der Waals surface area contributed by atoms with E-state index < -0.39 is 12.1 Å². The first kappa shape index (κ1) is 13.0. The van der Waals surface area contributed by atoms with Crippen LogP contribution in [-0.2, 0) is 11.2 Å². The van der Waals surface area contributed by atoms with Crippen molar-refractivity contribution in [1.82, 2.24) is 0 Å². The van der Waals surface area contributed by atoms with Crippen LogP contribution in [0.5, 0.6) is 0 Å². The first-order chi connectivity index (χ1) is 7.56. The highest BCUT2D eigenvalue weighted by molar-refractivity contribution is 9.09. The van der Waals surface area contributed by atoms with Gasteiger partial charge in [0.15, 0.2) is 6.10 Å². The van der Waals surface area contributed by atoms with Gasteiger partial charge in [-0.3, -0.25) is 0 Å². The standard InChI is InChI=1S/C11H14BrNO3/c12-5-1-2-7-6-8(13)3-4-9(7)10(14)11(15)16/h3-4,6,10,14H,1-2,5,13H2,(H,15,16). The summed E-state index contributed by atoms with van der Waals surface area (Å²) in [6.07, 6.45) is 0.0737. The Bertz CT molecular complexity index is 381. The molecule has 88 valence electrons. The van der Waals surface area contributed by atoms with Crippen molar-refractivity contribution < 1.29 is 15.0 Å². The van der Waals surface area contributed by atoms with E-state index in [-0.39, 0.29) is 0 Å². The molecule has 0 saturated carbocycles. The number of anilines is 1. The molecule has 4 N–H and O–H groups in total. The first-order valence-electron chi connectivity index (χ1n) is 4.91. The van der Waals surface area contributed by atoms with Gasteiger partial charge < -0.3 is 15.9 Å². The van der Waals surface area contributed by atoms with Crippen LogP contribution in [0.4, 0.5) is 5.69 Å². The van der Waals surface area contributed by atoms with E-state index in [1.54, 1.807) is 18.2 Å². The van der Waals surface area contributed by atoms with Crippen molar-refractivity contribution in [2.24, 2.45) is 0 Å². The number of aliphatic hydroxyl groups is 1. The number of hydrogen-bond donors (Lipinski definition) is 3. The zero-order valence-electron chi connectivity index (χ0n) is 8.69. The highest BCUT2D eigenvalue weighted by Gasteiger charge is 2.19. The highest BCUT2D eigenvalue weighted by atomic mass is 79.9. The SMILES string of the molecule is Nc1ccc(C(O)C(=O)O)c(CCCBr)c1. The lowest BCUT2D eigenvalue weighted by Gasteiger charge is -2.12. The van der Waals surface area contributed by atoms with E-state index in [2.05, 4.69) is 15.9 Å². The molecule has 0 fully saturated rings. The van der Waals surface area contributed by atoms with Crippen LogP contribution < -0.4 is 5.73 Å². The smallest absolute Gasteiger partial charge is 0.337 e. The molecular weight excluding hydrogens is 274 g/mol. The van der Waals surface area contributed by atoms with Crippen molar-refractivity contribution in [3.63, 3.8) is 0 Å². The van der Waals surface area contributed by atoms with Gasteiger partial charge in [-0.25, -0.2) is 4.79 Å². The molecule has 0 heterocycles. The maximum absolute atomic E-state index is 10.7. The Kier molecular flexibility index (Phi) is 4.76. The van der Waals surface area contributed by atoms with Gasteiger partial charge >= 0.3 is 5.97 Å². The predicted molar refractivity (Wildman–Crippen MR) is 65.6 cm³/mol. The molecule has 16 heavy (non-hydrogen) atoms. The summed E-state index contributed by atoms with van der Waals surface area (Å²) in [6, 6.07) is 4.88. The highest BCUT2D eigenvalue weighted by Crippen LogP contribution is 2.22. The average molecular weight is 288 g/mol. The summed E-state index contributed by atoms with van der Waals surface area (Å²) < 4.78 is 0. The van der Waals surface area contributed by atoms with E-state index >= 15 is 0 Å². The molecule has 1 aromatic rings. The molecular formula is C11H14BrNO3. The summed E-state index contributed by atoms with van der Waals surface area (Å²) in [4.78, 5) is 10.7. The van der Waals surface area contributed by atoms with Gasteiger partial charge in [-0.05, 0) is 36.1 Å². The molecule has 4 nitrogen and oxygen atoms in total. The van der Waals surface area contributed by atoms with Crippen LogP contribution in [-0.4, -0.2) is 21.5 Å². The number of aliphatic carboxylic acids is 1. The topological polar surface area (TPSA) is 83.5 Å². The average Bonchev–Trinajstić information content (AvgIpc) is 2.25. The maximum Gasteiger partial charge on any atom is 0.337 e. The van der Waals surface area contributed by atoms with E-state index in [4.69, 9.17) is 10.8 Å². The Morgan fingerprint density at radius 3 is 2.75 bits per heavy atom. The van der Waals surface area contributed by atoms with Crippen LogP contribution in [0.15, 0.2) is 18.2 Å². The Balaban J connectivity index is 3.01. The zero-order valence-corrected chi connectivity index (χ0v) is 10.3. The normalized spacial score (nSPS) is 12.4. The third-order valence-electron chi connectivity index (χ3n) is 2.28. The quantitative estimate of drug-likeness (QED) is 0.569. The molecule has 0 amide bonds. The molecule has 1 rings (SSSR count). The lowest BCUT2D eigenvalue weighted by Crippen LogP contribution is -2.13. The second kappa shape index (κ2) is 5.86. The summed E-state index contributed by atoms with van der Waals surface area (Å²) in [5.41, 5.74) is 7.42. The molecule has 0 spiro atoms. The van der Waals surface area contributed by atoms with Crippen LogP contribution in [0, 0.1) is 0 Å². The number of aryl methyl sites for hydroxylation is 1. The van der Waals surface area contributed by atoms with Crippen molar-refractivity contribution in [3.8, 4) is 0 Å². The number of hydrogen-bond acceptors (Lipinski definition) is 3. The molecule has 5 heteroatoms. The fraction of sp³-hybridized carbons (Fsp3) is 0.364. The van der Waals surface area contributed by atoms with Gasteiger partial charge in [-0.1, -0.05) is 22.0 Å². The third-order valence-corrected chi connectivity index (χ3v) is 2.84. The Morgan fingerprint density at radius 1 is 1.50 bits per heavy atom. The number of benzene rings is 1. The Labute approximate surface area is 102 Å². The Hall–Kier alpha value is -1.07. The molecule has 0 saturated heterocycles. The van der Waals surface area contributed by atoms with E-state index in [1.807, 2.05) is 0 Å². The molecule has 0 aliphatic carbocycles. The summed E-state index contributed by atoms with van der Waals surface area (Å²) in [6.45, 7) is 0. The van der Waals surface area contributed by atoms with Crippen molar-refractivity contribution in [3.05, 3.63) is 29.3 Å². The van der Waals surface area contributed by atoms with Crippen LogP contribution >= 0.6 is 15.9 Å². The predicted octanol–water partition coefficient (Wildman–Crippen LogP) is 1.71. The lowest BCUT2D eigenvalue weighted by atomic mass is 9.98. The number of alkyl halides is 1. The molecule has 1 atom stereocenters. The van der Waals surface area contributed by atoms with Gasteiger partial charge in [-0.2, -0.15) is 0 Å². The van der Waals surface area contributed by atoms with E-state index in [0.717, 1.165) is 17.3 Å². The number of halogens is 1. The van der Waals surface area contributed by atoms with E-state index in [1.165, 1.54) is 0 Å². The largest absolute Gasteiger partial charge is 0.479 e. The zero-order chi connectivity index (χ0) is 12.1. The molecule has 0 aliphatic heterocycles. The van der Waals surface area contributed by atoms with Gasteiger partial charge in [0.2, 0.25) is 0 Å². The number of nitrogens with two attached hydrogens (primary N) is 1. The molecule has 0 bridgehead atoms. The van der Waals surface area contributed by atoms with Crippen LogP contribution in [0.1, 0.15) is 23.7 Å². The van der Waals surface area contributed by atoms with Crippen molar-refractivity contribution in [2.45, 2.75) is 18.9 Å². The number of rotatable bonds is 5. The monoisotopic (exact) mass is 287 g/mol. The summed E-state index contributed by atoms with van der Waals surface area (Å²) >= 11 is 3.31. The van der Waals surface area contributed by atoms with Gasteiger partial charge in [0.25, 0.3) is 0 Å². The Morgan fingerprint density at radius 2 is 2.19 bits per heavy atom. The minimum Gasteiger partial charge on any atom is -0.479 e. The van der Waals surface area contributed by atoms with Crippen LogP contribution in [0.3, 0.4) is 0 Å². The maximum atomic E-state index is 10.7. The summed E-state index contributed by atoms with van der Waals surface area (Å²) in [5, 5.41) is 19.1. The molecule has 0 radical (unpaired) electrons. The van der Waals surface area contributed by atoms with Crippen molar-refractivity contribution in [1.29, 1.82) is 0 Å². The molecule has 0 aromatic heterocycles. The van der Waals surface area contributed by atoms with E-state index in [0.29, 0.717) is 17.7 Å². The molecule has 1 aromatic carbocycles. The second-order valence-electron chi connectivity index (χ2n) is 3.49. The number of carboxylic acids is 1. The van der Waals surface area contributed by atoms with E-state index in [9.17, 15) is 9.90 Å². The van der Waals surface area contributed by atoms with Gasteiger partial charge in [0.1, 0.15) is 0 Å². The number of carboxylic acid groups (broad SMARTS) is 1. The number of nitrogen functional groups attached to an aromatic ring is 1. The van der Waals surface area contributed by atoms with Crippen molar-refractivity contribution >= 4 is 27.6 Å². The van der Waals surface area contributed by atoms with Gasteiger partial charge in [0, 0.05) is 11.0 Å². The van der Waals surface area contributed by atoms with Gasteiger partial charge in [0.05, 0.1) is 0 Å². The minimum absolute atomic E-state index is 0.419. The number of carbonyl (C=O) groups is 1. The molecule has 0 aliphatic rings. The van der Waals surface area contributed by atoms with Gasteiger partial charge in [-0.15, -0.1) is 0 Å². The summed E-state index contributed by atoms with van der Waals surface area (Å²) in [5.74, 6) is -1.25. The fourth-order valence-electron chi connectivity index (χ4n) is 1.50. The summed E-state index contributed by atoms with van der Waals surface area (Å²) in [7, 11) is 0. The first-order valence-corrected chi connectivity index (χ1v) is 6.03. The van der Waals surface area contributed by atoms with Crippen molar-refractivity contribution in [2.75, 3.05) is 11.1 Å². The van der Waals surface area contributed by atoms with Crippen LogP contribution in [0.25, 0.3) is 0 Å². The minimum atomic E-state index is -1.48. The third kappa shape index (κ3) is 3.21. The van der Waals surface area contributed by atoms with Crippen LogP contribution in [0.2, 0.25) is 0 Å². The fourth-order valence-corrected chi connectivity index (χ4v) is 1.78. The molecule has 1 unspecified atom stereocenters.